The lowest BCUT2D eigenvalue weighted by Crippen LogP contribution is -2.39. The molecule has 0 radical (unpaired) electrons. The fourth-order valence-corrected chi connectivity index (χ4v) is 1.71. The Hall–Kier alpha value is -2.54. The molecule has 0 aliphatic heterocycles. The van der Waals surface area contributed by atoms with E-state index in [0.29, 0.717) is 5.69 Å². The van der Waals surface area contributed by atoms with E-state index < -0.39 is 11.1 Å². The average molecular weight is 254 g/mol. The van der Waals surface area contributed by atoms with E-state index in [1.165, 1.54) is 9.13 Å². The van der Waals surface area contributed by atoms with Crippen molar-refractivity contribution in [1.29, 1.82) is 0 Å². The maximum atomic E-state index is 12.0. The first kappa shape index (κ1) is 12.9. The maximum Gasteiger partial charge on any atom is 0.321 e. The first-order valence-corrected chi connectivity index (χ1v) is 5.92. The second kappa shape index (κ2) is 5.40. The van der Waals surface area contributed by atoms with Gasteiger partial charge >= 0.3 is 11.1 Å². The highest BCUT2D eigenvalue weighted by molar-refractivity contribution is 5.34. The SMILES string of the molecule is CC#CCn1ccn(-c2ccc(C)cc2)c(=O)c1=O. The van der Waals surface area contributed by atoms with E-state index in [-0.39, 0.29) is 6.54 Å². The topological polar surface area (TPSA) is 44.0 Å². The van der Waals surface area contributed by atoms with Crippen LogP contribution < -0.4 is 11.1 Å². The Morgan fingerprint density at radius 1 is 1.05 bits per heavy atom. The van der Waals surface area contributed by atoms with E-state index in [2.05, 4.69) is 11.8 Å². The molecule has 4 nitrogen and oxygen atoms in total. The predicted molar refractivity (Wildman–Crippen MR) is 74.5 cm³/mol. The van der Waals surface area contributed by atoms with E-state index in [4.69, 9.17) is 0 Å². The second-order valence-corrected chi connectivity index (χ2v) is 4.17. The van der Waals surface area contributed by atoms with E-state index in [1.54, 1.807) is 19.3 Å². The number of aromatic nitrogens is 2. The molecule has 0 fully saturated rings. The Labute approximate surface area is 110 Å². The van der Waals surface area contributed by atoms with Crippen LogP contribution in [0.3, 0.4) is 0 Å². The van der Waals surface area contributed by atoms with Crippen LogP contribution in [0.15, 0.2) is 46.2 Å². The summed E-state index contributed by atoms with van der Waals surface area (Å²) in [5, 5.41) is 0. The summed E-state index contributed by atoms with van der Waals surface area (Å²) in [4.78, 5) is 23.9. The van der Waals surface area contributed by atoms with Gasteiger partial charge in [0, 0.05) is 18.1 Å². The fraction of sp³-hybridized carbons (Fsp3) is 0.200. The molecule has 1 heterocycles. The van der Waals surface area contributed by atoms with Gasteiger partial charge in [0.05, 0.1) is 6.54 Å². The number of hydrogen-bond acceptors (Lipinski definition) is 2. The molecule has 96 valence electrons. The normalized spacial score (nSPS) is 9.79. The van der Waals surface area contributed by atoms with Gasteiger partial charge < -0.3 is 0 Å². The van der Waals surface area contributed by atoms with Crippen molar-refractivity contribution in [2.24, 2.45) is 0 Å². The molecule has 0 unspecified atom stereocenters. The molecule has 0 N–H and O–H groups in total. The summed E-state index contributed by atoms with van der Waals surface area (Å²) in [6, 6.07) is 7.42. The van der Waals surface area contributed by atoms with Gasteiger partial charge in [-0.2, -0.15) is 0 Å². The molecule has 0 amide bonds. The van der Waals surface area contributed by atoms with Crippen molar-refractivity contribution >= 4 is 0 Å². The molecule has 0 atom stereocenters. The molecule has 19 heavy (non-hydrogen) atoms. The molecule has 0 saturated carbocycles. The third-order valence-electron chi connectivity index (χ3n) is 2.80. The summed E-state index contributed by atoms with van der Waals surface area (Å²) < 4.78 is 2.65. The molecular weight excluding hydrogens is 240 g/mol. The van der Waals surface area contributed by atoms with Gasteiger partial charge in [-0.15, -0.1) is 5.92 Å². The van der Waals surface area contributed by atoms with Crippen LogP contribution in [0.2, 0.25) is 0 Å². The highest BCUT2D eigenvalue weighted by Gasteiger charge is 2.05. The molecular formula is C15H14N2O2. The van der Waals surface area contributed by atoms with Crippen molar-refractivity contribution in [3.63, 3.8) is 0 Å². The van der Waals surface area contributed by atoms with Crippen molar-refractivity contribution in [1.82, 2.24) is 9.13 Å². The quantitative estimate of drug-likeness (QED) is 0.599. The van der Waals surface area contributed by atoms with Crippen molar-refractivity contribution in [2.75, 3.05) is 0 Å². The van der Waals surface area contributed by atoms with Gasteiger partial charge in [-0.1, -0.05) is 23.6 Å². The van der Waals surface area contributed by atoms with Crippen LogP contribution in [-0.2, 0) is 6.54 Å². The van der Waals surface area contributed by atoms with Crippen molar-refractivity contribution in [2.45, 2.75) is 20.4 Å². The van der Waals surface area contributed by atoms with E-state index >= 15 is 0 Å². The Bertz CT molecular complexity index is 756. The molecule has 1 aromatic carbocycles. The summed E-state index contributed by atoms with van der Waals surface area (Å²) >= 11 is 0. The Balaban J connectivity index is 2.52. The number of benzene rings is 1. The molecule has 1 aromatic heterocycles. The first-order chi connectivity index (χ1) is 9.13. The monoisotopic (exact) mass is 254 g/mol. The molecule has 0 saturated heterocycles. The van der Waals surface area contributed by atoms with Gasteiger partial charge in [-0.25, -0.2) is 0 Å². The summed E-state index contributed by atoms with van der Waals surface area (Å²) in [5.74, 6) is 5.46. The predicted octanol–water partition coefficient (Wildman–Crippen LogP) is 1.33. The molecule has 0 bridgehead atoms. The molecule has 0 spiro atoms. The number of rotatable bonds is 2. The lowest BCUT2D eigenvalue weighted by molar-refractivity contribution is 0.744. The van der Waals surface area contributed by atoms with Crippen molar-refractivity contribution in [3.05, 3.63) is 62.9 Å². The van der Waals surface area contributed by atoms with E-state index in [0.717, 1.165) is 5.56 Å². The Morgan fingerprint density at radius 2 is 1.74 bits per heavy atom. The van der Waals surface area contributed by atoms with Gasteiger partial charge in [-0.3, -0.25) is 18.7 Å². The second-order valence-electron chi connectivity index (χ2n) is 4.17. The van der Waals surface area contributed by atoms with Crippen LogP contribution in [0.5, 0.6) is 0 Å². The van der Waals surface area contributed by atoms with Gasteiger partial charge in [0.25, 0.3) is 0 Å². The van der Waals surface area contributed by atoms with Crippen LogP contribution in [-0.4, -0.2) is 9.13 Å². The Kier molecular flexibility index (Phi) is 3.67. The number of nitrogens with zero attached hydrogens (tertiary/aromatic N) is 2. The minimum absolute atomic E-state index is 0.235. The zero-order chi connectivity index (χ0) is 13.8. The lowest BCUT2D eigenvalue weighted by atomic mass is 10.2. The summed E-state index contributed by atoms with van der Waals surface area (Å²) in [5.41, 5.74) is 0.653. The fourth-order valence-electron chi connectivity index (χ4n) is 1.71. The molecule has 0 aliphatic carbocycles. The zero-order valence-corrected chi connectivity index (χ0v) is 10.9. The zero-order valence-electron chi connectivity index (χ0n) is 10.9. The standard InChI is InChI=1S/C15H14N2O2/c1-3-4-9-16-10-11-17(15(19)14(16)18)13-7-5-12(2)6-8-13/h5-8,10-11H,9H2,1-2H3. The van der Waals surface area contributed by atoms with E-state index in [9.17, 15) is 9.59 Å². The van der Waals surface area contributed by atoms with Gasteiger partial charge in [0.15, 0.2) is 0 Å². The van der Waals surface area contributed by atoms with Gasteiger partial charge in [0.1, 0.15) is 0 Å². The third-order valence-corrected chi connectivity index (χ3v) is 2.80. The van der Waals surface area contributed by atoms with Crippen LogP contribution in [0, 0.1) is 18.8 Å². The summed E-state index contributed by atoms with van der Waals surface area (Å²) in [6.45, 7) is 3.89. The summed E-state index contributed by atoms with van der Waals surface area (Å²) in [7, 11) is 0. The minimum atomic E-state index is -0.566. The van der Waals surface area contributed by atoms with Crippen LogP contribution in [0.1, 0.15) is 12.5 Å². The first-order valence-electron chi connectivity index (χ1n) is 5.92. The lowest BCUT2D eigenvalue weighted by Gasteiger charge is -2.07. The van der Waals surface area contributed by atoms with Gasteiger partial charge in [0.2, 0.25) is 0 Å². The molecule has 4 heteroatoms. The van der Waals surface area contributed by atoms with E-state index in [1.807, 2.05) is 31.2 Å². The van der Waals surface area contributed by atoms with Crippen LogP contribution in [0.4, 0.5) is 0 Å². The largest absolute Gasteiger partial charge is 0.321 e. The average Bonchev–Trinajstić information content (AvgIpc) is 2.42. The van der Waals surface area contributed by atoms with Crippen molar-refractivity contribution < 1.29 is 0 Å². The third kappa shape index (κ3) is 2.66. The smallest absolute Gasteiger partial charge is 0.298 e. The van der Waals surface area contributed by atoms with Crippen LogP contribution in [0.25, 0.3) is 5.69 Å². The number of hydrogen-bond donors (Lipinski definition) is 0. The highest BCUT2D eigenvalue weighted by atomic mass is 16.2. The summed E-state index contributed by atoms with van der Waals surface area (Å²) in [6.07, 6.45) is 3.17. The van der Waals surface area contributed by atoms with Crippen molar-refractivity contribution in [3.8, 4) is 17.5 Å². The maximum absolute atomic E-state index is 12.0. The van der Waals surface area contributed by atoms with Crippen LogP contribution >= 0.6 is 0 Å². The molecule has 2 aromatic rings. The minimum Gasteiger partial charge on any atom is -0.298 e. The Morgan fingerprint density at radius 3 is 2.37 bits per heavy atom. The van der Waals surface area contributed by atoms with Gasteiger partial charge in [-0.05, 0) is 26.0 Å². The molecule has 0 aliphatic rings. The molecule has 2 rings (SSSR count). The highest BCUT2D eigenvalue weighted by Crippen LogP contribution is 2.05. The number of aryl methyl sites for hydroxylation is 1.